The van der Waals surface area contributed by atoms with Crippen LogP contribution >= 0.6 is 0 Å². The third-order valence-electron chi connectivity index (χ3n) is 0.963. The molecule has 0 bridgehead atoms. The van der Waals surface area contributed by atoms with Crippen molar-refractivity contribution in [2.24, 2.45) is 0 Å². The summed E-state index contributed by atoms with van der Waals surface area (Å²) in [5.74, 6) is -0.117. The van der Waals surface area contributed by atoms with Crippen molar-refractivity contribution in [3.05, 3.63) is 24.3 Å². The molecule has 0 heterocycles. The van der Waals surface area contributed by atoms with Crippen LogP contribution in [0.3, 0.4) is 0 Å². The van der Waals surface area contributed by atoms with Gasteiger partial charge in [-0.2, -0.15) is 0 Å². The lowest BCUT2D eigenvalue weighted by atomic mass is 10.3. The van der Waals surface area contributed by atoms with Crippen LogP contribution in [0.25, 0.3) is 0 Å². The van der Waals surface area contributed by atoms with Crippen LogP contribution in [0.15, 0.2) is 24.3 Å². The molecular formula is C6H6NO2-. The first-order valence-corrected chi connectivity index (χ1v) is 2.50. The Kier molecular flexibility index (Phi) is 1.55. The second-order valence-corrected chi connectivity index (χ2v) is 1.64. The predicted octanol–water partition coefficient (Wildman–Crippen LogP) is 0.561. The van der Waals surface area contributed by atoms with E-state index in [1.165, 1.54) is 12.1 Å². The van der Waals surface area contributed by atoms with Gasteiger partial charge in [-0.3, -0.25) is 10.7 Å². The van der Waals surface area contributed by atoms with Crippen LogP contribution in [0, 0.1) is 0 Å². The summed E-state index contributed by atoms with van der Waals surface area (Å²) in [4.78, 5) is 0. The smallest absolute Gasteiger partial charge is 0.0595 e. The Balaban J connectivity index is 2.94. The zero-order valence-electron chi connectivity index (χ0n) is 4.66. The lowest BCUT2D eigenvalue weighted by Crippen LogP contribution is -1.92. The van der Waals surface area contributed by atoms with Crippen LogP contribution in [0.2, 0.25) is 0 Å². The Morgan fingerprint density at radius 3 is 2.67 bits per heavy atom. The summed E-state index contributed by atoms with van der Waals surface area (Å²) in [7, 11) is 0. The Hall–Kier alpha value is -1.22. The Morgan fingerprint density at radius 2 is 2.22 bits per heavy atom. The van der Waals surface area contributed by atoms with Crippen molar-refractivity contribution in [3.8, 4) is 5.75 Å². The normalized spacial score (nSPS) is 9.00. The Bertz CT molecular complexity index is 200. The third-order valence-corrected chi connectivity index (χ3v) is 0.963. The summed E-state index contributed by atoms with van der Waals surface area (Å²) in [6, 6.07) is 5.89. The van der Waals surface area contributed by atoms with E-state index in [1.54, 1.807) is 12.1 Å². The van der Waals surface area contributed by atoms with Crippen molar-refractivity contribution in [3.63, 3.8) is 0 Å². The molecule has 0 fully saturated rings. The van der Waals surface area contributed by atoms with E-state index in [1.807, 2.05) is 5.48 Å². The molecule has 0 aliphatic carbocycles. The van der Waals surface area contributed by atoms with E-state index in [2.05, 4.69) is 0 Å². The van der Waals surface area contributed by atoms with Gasteiger partial charge in [0.15, 0.2) is 0 Å². The van der Waals surface area contributed by atoms with Gasteiger partial charge in [-0.05, 0) is 12.1 Å². The summed E-state index contributed by atoms with van der Waals surface area (Å²) in [5, 5.41) is 18.8. The van der Waals surface area contributed by atoms with Gasteiger partial charge in [0.05, 0.1) is 5.69 Å². The molecule has 1 aromatic rings. The molecule has 0 spiro atoms. The van der Waals surface area contributed by atoms with Gasteiger partial charge in [-0.15, -0.1) is 5.75 Å². The van der Waals surface area contributed by atoms with Gasteiger partial charge in [0.1, 0.15) is 0 Å². The molecule has 0 aromatic heterocycles. The first-order valence-electron chi connectivity index (χ1n) is 2.50. The van der Waals surface area contributed by atoms with Crippen LogP contribution in [-0.4, -0.2) is 5.21 Å². The molecule has 0 aliphatic heterocycles. The van der Waals surface area contributed by atoms with E-state index in [-0.39, 0.29) is 5.75 Å². The molecule has 0 atom stereocenters. The quantitative estimate of drug-likeness (QED) is 0.538. The van der Waals surface area contributed by atoms with Gasteiger partial charge >= 0.3 is 0 Å². The number of hydrogen-bond acceptors (Lipinski definition) is 3. The maximum atomic E-state index is 10.5. The highest BCUT2D eigenvalue weighted by Gasteiger charge is 1.82. The van der Waals surface area contributed by atoms with Crippen molar-refractivity contribution < 1.29 is 10.3 Å². The van der Waals surface area contributed by atoms with Crippen molar-refractivity contribution in [1.29, 1.82) is 0 Å². The van der Waals surface area contributed by atoms with Crippen molar-refractivity contribution >= 4 is 5.69 Å². The fourth-order valence-corrected chi connectivity index (χ4v) is 0.566. The lowest BCUT2D eigenvalue weighted by Gasteiger charge is -2.05. The first-order chi connectivity index (χ1) is 4.33. The molecule has 0 radical (unpaired) electrons. The van der Waals surface area contributed by atoms with Crippen LogP contribution in [-0.2, 0) is 0 Å². The van der Waals surface area contributed by atoms with Gasteiger partial charge in [0.2, 0.25) is 0 Å². The predicted molar refractivity (Wildman–Crippen MR) is 31.3 cm³/mol. The number of benzene rings is 1. The molecule has 0 aliphatic rings. The first kappa shape index (κ1) is 5.91. The minimum atomic E-state index is -0.117. The molecule has 48 valence electrons. The topological polar surface area (TPSA) is 55.3 Å². The molecule has 0 amide bonds. The maximum absolute atomic E-state index is 10.5. The maximum Gasteiger partial charge on any atom is 0.0595 e. The fourth-order valence-electron chi connectivity index (χ4n) is 0.566. The number of hydrogen-bond donors (Lipinski definition) is 2. The summed E-state index contributed by atoms with van der Waals surface area (Å²) in [5.41, 5.74) is 2.29. The molecule has 0 saturated carbocycles. The van der Waals surface area contributed by atoms with Crippen LogP contribution in [0.5, 0.6) is 5.75 Å². The number of rotatable bonds is 1. The van der Waals surface area contributed by atoms with Gasteiger partial charge in [-0.25, -0.2) is 0 Å². The molecule has 0 saturated heterocycles. The second-order valence-electron chi connectivity index (χ2n) is 1.64. The van der Waals surface area contributed by atoms with Crippen LogP contribution in [0.1, 0.15) is 0 Å². The zero-order chi connectivity index (χ0) is 6.69. The molecule has 3 heteroatoms. The minimum Gasteiger partial charge on any atom is -0.872 e. The van der Waals surface area contributed by atoms with Crippen molar-refractivity contribution in [2.75, 3.05) is 5.48 Å². The van der Waals surface area contributed by atoms with E-state index in [9.17, 15) is 5.11 Å². The highest BCUT2D eigenvalue weighted by Crippen LogP contribution is 2.10. The monoisotopic (exact) mass is 124 g/mol. The summed E-state index contributed by atoms with van der Waals surface area (Å²) in [6.07, 6.45) is 0. The van der Waals surface area contributed by atoms with Crippen LogP contribution in [0.4, 0.5) is 5.69 Å². The highest BCUT2D eigenvalue weighted by atomic mass is 16.5. The Morgan fingerprint density at radius 1 is 1.44 bits per heavy atom. The SMILES string of the molecule is [O-]c1cccc(NO)c1. The molecule has 3 nitrogen and oxygen atoms in total. The molecular weight excluding hydrogens is 118 g/mol. The molecule has 9 heavy (non-hydrogen) atoms. The number of anilines is 1. The summed E-state index contributed by atoms with van der Waals surface area (Å²) < 4.78 is 0. The van der Waals surface area contributed by atoms with E-state index < -0.39 is 0 Å². The van der Waals surface area contributed by atoms with Crippen LogP contribution < -0.4 is 10.6 Å². The van der Waals surface area contributed by atoms with E-state index in [0.717, 1.165) is 0 Å². The third kappa shape index (κ3) is 1.33. The van der Waals surface area contributed by atoms with E-state index >= 15 is 0 Å². The average molecular weight is 124 g/mol. The summed E-state index contributed by atoms with van der Waals surface area (Å²) in [6.45, 7) is 0. The Labute approximate surface area is 52.5 Å². The molecule has 2 N–H and O–H groups in total. The van der Waals surface area contributed by atoms with Gasteiger partial charge in [0.25, 0.3) is 0 Å². The fraction of sp³-hybridized carbons (Fsp3) is 0. The standard InChI is InChI=1S/C6H7NO2/c8-6-3-1-2-5(4-6)7-9/h1-4,7-9H/p-1. The van der Waals surface area contributed by atoms with Gasteiger partial charge < -0.3 is 5.11 Å². The largest absolute Gasteiger partial charge is 0.872 e. The summed E-state index contributed by atoms with van der Waals surface area (Å²) >= 11 is 0. The molecule has 0 unspecified atom stereocenters. The van der Waals surface area contributed by atoms with Gasteiger partial charge in [0, 0.05) is 0 Å². The lowest BCUT2D eigenvalue weighted by molar-refractivity contribution is -0.268. The van der Waals surface area contributed by atoms with Crippen molar-refractivity contribution in [2.45, 2.75) is 0 Å². The van der Waals surface area contributed by atoms with Crippen molar-refractivity contribution in [1.82, 2.24) is 0 Å². The zero-order valence-corrected chi connectivity index (χ0v) is 4.66. The molecule has 1 aromatic carbocycles. The van der Waals surface area contributed by atoms with Gasteiger partial charge in [-0.1, -0.05) is 12.1 Å². The minimum absolute atomic E-state index is 0.117. The highest BCUT2D eigenvalue weighted by molar-refractivity contribution is 5.44. The second kappa shape index (κ2) is 2.37. The van der Waals surface area contributed by atoms with E-state index in [4.69, 9.17) is 5.21 Å². The average Bonchev–Trinajstić information content (AvgIpc) is 1.88. The number of nitrogens with one attached hydrogen (secondary N) is 1. The molecule has 1 rings (SSSR count). The van der Waals surface area contributed by atoms with E-state index in [0.29, 0.717) is 5.69 Å².